The van der Waals surface area contributed by atoms with Crippen LogP contribution in [0, 0.1) is 6.92 Å². The van der Waals surface area contributed by atoms with Gasteiger partial charge in [-0.05, 0) is 73.1 Å². The molecule has 3 atom stereocenters. The van der Waals surface area contributed by atoms with Crippen LogP contribution < -0.4 is 9.47 Å². The van der Waals surface area contributed by atoms with E-state index >= 15 is 0 Å². The van der Waals surface area contributed by atoms with E-state index in [1.54, 1.807) is 20.3 Å². The normalized spacial score (nSPS) is 22.3. The molecule has 0 saturated heterocycles. The molecule has 4 aromatic rings. The van der Waals surface area contributed by atoms with Crippen molar-refractivity contribution in [2.45, 2.75) is 77.0 Å². The lowest BCUT2D eigenvalue weighted by atomic mass is 9.79. The van der Waals surface area contributed by atoms with Crippen LogP contribution in [0.25, 0.3) is 0 Å². The fraction of sp³-hybridized carbons (Fsp3) is 0.444. The lowest BCUT2D eigenvalue weighted by Crippen LogP contribution is -2.41. The number of methoxy groups -OCH3 is 2. The number of phenols is 2. The first-order chi connectivity index (χ1) is 21.4. The van der Waals surface area contributed by atoms with Crippen LogP contribution in [0.15, 0.2) is 30.3 Å². The highest BCUT2D eigenvalue weighted by molar-refractivity contribution is 7.12. The molecule has 0 amide bonds. The summed E-state index contributed by atoms with van der Waals surface area (Å²) in [7, 11) is 3.34. The highest BCUT2D eigenvalue weighted by atomic mass is 32.1. The van der Waals surface area contributed by atoms with Gasteiger partial charge in [0.2, 0.25) is 0 Å². The van der Waals surface area contributed by atoms with E-state index in [-0.39, 0.29) is 17.7 Å². The number of rotatable bonds is 5. The molecule has 4 aliphatic heterocycles. The number of benzene rings is 2. The van der Waals surface area contributed by atoms with Gasteiger partial charge < -0.3 is 19.7 Å². The number of hydrogen-bond acceptors (Lipinski definition) is 8. The predicted octanol–water partition coefficient (Wildman–Crippen LogP) is 7.40. The van der Waals surface area contributed by atoms with E-state index in [1.165, 1.54) is 41.8 Å². The Bertz CT molecular complexity index is 1770. The van der Waals surface area contributed by atoms with Crippen LogP contribution >= 0.6 is 22.7 Å². The van der Waals surface area contributed by atoms with E-state index < -0.39 is 0 Å². The standard InChI is InChI=1S/C36H40N2O4S2/c1-5-6-22-15-25-30-13-20-7-8-31(39)34(41-3)26(20)17-38(30)18-28(36(25)44-22)23-12-21-14-29-24-11-19(2)43-32(24)9-10-37(29)16-27(21)35(42-4)33(23)40/h7-8,11-12,15,28-30,39-40H,5-6,9-10,13-14,16-18H2,1-4H3. The molecule has 0 bridgehead atoms. The number of aromatic hydroxyl groups is 2. The monoisotopic (exact) mass is 628 g/mol. The molecular formula is C36H40N2O4S2. The van der Waals surface area contributed by atoms with Gasteiger partial charge >= 0.3 is 0 Å². The number of hydrogen-bond donors (Lipinski definition) is 2. The van der Waals surface area contributed by atoms with E-state index in [4.69, 9.17) is 9.47 Å². The quantitative estimate of drug-likeness (QED) is 0.240. The summed E-state index contributed by atoms with van der Waals surface area (Å²) >= 11 is 3.88. The van der Waals surface area contributed by atoms with Crippen LogP contribution in [0.1, 0.15) is 89.8 Å². The highest BCUT2D eigenvalue weighted by Crippen LogP contribution is 2.54. The van der Waals surface area contributed by atoms with Crippen molar-refractivity contribution in [1.29, 1.82) is 0 Å². The van der Waals surface area contributed by atoms with Crippen LogP contribution in [0.3, 0.4) is 0 Å². The molecule has 8 heteroatoms. The average molecular weight is 629 g/mol. The Hall–Kier alpha value is -3.04. The van der Waals surface area contributed by atoms with Gasteiger partial charge in [0.15, 0.2) is 23.0 Å². The molecule has 2 N–H and O–H groups in total. The summed E-state index contributed by atoms with van der Waals surface area (Å²) in [6.07, 6.45) is 5.08. The summed E-state index contributed by atoms with van der Waals surface area (Å²) in [5.41, 5.74) is 8.61. The Morgan fingerprint density at radius 1 is 0.864 bits per heavy atom. The molecule has 44 heavy (non-hydrogen) atoms. The third-order valence-corrected chi connectivity index (χ3v) is 12.9. The minimum absolute atomic E-state index is 0.0317. The summed E-state index contributed by atoms with van der Waals surface area (Å²) in [5.74, 6) is 1.74. The van der Waals surface area contributed by atoms with E-state index in [0.29, 0.717) is 29.8 Å². The van der Waals surface area contributed by atoms with Gasteiger partial charge in [-0.3, -0.25) is 9.80 Å². The maximum absolute atomic E-state index is 12.0. The van der Waals surface area contributed by atoms with Crippen molar-refractivity contribution >= 4 is 22.7 Å². The molecule has 230 valence electrons. The molecule has 4 aliphatic rings. The predicted molar refractivity (Wildman–Crippen MR) is 176 cm³/mol. The lowest BCUT2D eigenvalue weighted by molar-refractivity contribution is 0.148. The number of ether oxygens (including phenoxy) is 2. The summed E-state index contributed by atoms with van der Waals surface area (Å²) in [6.45, 7) is 7.80. The second-order valence-corrected chi connectivity index (χ2v) is 15.4. The Morgan fingerprint density at radius 3 is 2.41 bits per heavy atom. The van der Waals surface area contributed by atoms with Crippen LogP contribution in [0.4, 0.5) is 0 Å². The Kier molecular flexibility index (Phi) is 6.98. The van der Waals surface area contributed by atoms with Crippen molar-refractivity contribution in [2.75, 3.05) is 27.3 Å². The van der Waals surface area contributed by atoms with Gasteiger partial charge in [0.05, 0.1) is 14.2 Å². The molecule has 8 rings (SSSR count). The van der Waals surface area contributed by atoms with Crippen molar-refractivity contribution < 1.29 is 19.7 Å². The van der Waals surface area contributed by atoms with Crippen molar-refractivity contribution in [3.63, 3.8) is 0 Å². The van der Waals surface area contributed by atoms with Gasteiger partial charge in [-0.1, -0.05) is 25.5 Å². The van der Waals surface area contributed by atoms with Gasteiger partial charge in [-0.15, -0.1) is 22.7 Å². The number of fused-ring (bicyclic) bond motifs is 8. The zero-order valence-electron chi connectivity index (χ0n) is 25.9. The second kappa shape index (κ2) is 10.8. The number of phenolic OH excluding ortho intramolecular Hbond substituents is 2. The largest absolute Gasteiger partial charge is 0.504 e. The molecule has 0 spiro atoms. The maximum Gasteiger partial charge on any atom is 0.165 e. The number of thiophene rings is 2. The van der Waals surface area contributed by atoms with Crippen molar-refractivity contribution in [2.24, 2.45) is 0 Å². The summed E-state index contributed by atoms with van der Waals surface area (Å²) in [6, 6.07) is 11.6. The Balaban J connectivity index is 1.23. The lowest BCUT2D eigenvalue weighted by Gasteiger charge is -2.44. The van der Waals surface area contributed by atoms with Crippen LogP contribution in [0.2, 0.25) is 0 Å². The smallest absolute Gasteiger partial charge is 0.165 e. The highest BCUT2D eigenvalue weighted by Gasteiger charge is 2.42. The van der Waals surface area contributed by atoms with E-state index in [2.05, 4.69) is 47.9 Å². The van der Waals surface area contributed by atoms with Gasteiger partial charge in [0, 0.05) is 80.4 Å². The van der Waals surface area contributed by atoms with E-state index in [1.807, 2.05) is 22.7 Å². The van der Waals surface area contributed by atoms with Gasteiger partial charge in [0.1, 0.15) is 0 Å². The van der Waals surface area contributed by atoms with Gasteiger partial charge in [-0.2, -0.15) is 0 Å². The average Bonchev–Trinajstić information content (AvgIpc) is 3.62. The number of nitrogens with zero attached hydrogens (tertiary/aromatic N) is 2. The first kappa shape index (κ1) is 28.4. The number of aryl methyl sites for hydroxylation is 2. The third kappa shape index (κ3) is 4.32. The summed E-state index contributed by atoms with van der Waals surface area (Å²) < 4.78 is 11.7. The molecule has 3 unspecified atom stereocenters. The van der Waals surface area contributed by atoms with Crippen LogP contribution in [0.5, 0.6) is 23.0 Å². The van der Waals surface area contributed by atoms with Crippen molar-refractivity contribution in [3.05, 3.63) is 88.8 Å². The maximum atomic E-state index is 12.0. The molecule has 0 fully saturated rings. The first-order valence-corrected chi connectivity index (χ1v) is 17.5. The molecule has 2 aromatic carbocycles. The van der Waals surface area contributed by atoms with Gasteiger partial charge in [0.25, 0.3) is 0 Å². The first-order valence-electron chi connectivity index (χ1n) is 15.9. The summed E-state index contributed by atoms with van der Waals surface area (Å²) in [5, 5.41) is 22.5. The van der Waals surface area contributed by atoms with Crippen molar-refractivity contribution in [1.82, 2.24) is 9.80 Å². The molecule has 2 aromatic heterocycles. The topological polar surface area (TPSA) is 65.4 Å². The van der Waals surface area contributed by atoms with Crippen LogP contribution in [-0.4, -0.2) is 47.3 Å². The third-order valence-electron chi connectivity index (χ3n) is 10.4. The van der Waals surface area contributed by atoms with E-state index in [0.717, 1.165) is 68.4 Å². The molecule has 6 nitrogen and oxygen atoms in total. The van der Waals surface area contributed by atoms with E-state index in [9.17, 15) is 10.2 Å². The van der Waals surface area contributed by atoms with Gasteiger partial charge in [-0.25, -0.2) is 0 Å². The molecular weight excluding hydrogens is 589 g/mol. The van der Waals surface area contributed by atoms with Crippen LogP contribution in [-0.2, 0) is 38.8 Å². The van der Waals surface area contributed by atoms with Crippen molar-refractivity contribution in [3.8, 4) is 23.0 Å². The SMILES string of the molecule is CCCc1cc2c(s1)C(c1cc3c(c(OC)c1O)CN1CCc4sc(C)cc4C1C3)CN1Cc3c(ccc(O)c3OC)CC21. The zero-order chi connectivity index (χ0) is 30.3. The fourth-order valence-electron chi connectivity index (χ4n) is 8.43. The minimum Gasteiger partial charge on any atom is -0.504 e. The molecule has 0 radical (unpaired) electrons. The minimum atomic E-state index is 0.0317. The zero-order valence-corrected chi connectivity index (χ0v) is 27.5. The fourth-order valence-corrected chi connectivity index (χ4v) is 10.9. The Morgan fingerprint density at radius 2 is 1.61 bits per heavy atom. The molecule has 6 heterocycles. The Labute approximate surface area is 267 Å². The summed E-state index contributed by atoms with van der Waals surface area (Å²) in [4.78, 5) is 10.8. The molecule has 0 aliphatic carbocycles. The molecule has 0 saturated carbocycles. The second-order valence-electron chi connectivity index (χ2n) is 12.9.